The molecule has 256 valence electrons. The molecular formula is C31H28ClN6O9S2-. The fraction of sp³-hybridized carbons (Fsp3) is 0.323. The van der Waals surface area contributed by atoms with Gasteiger partial charge in [0.2, 0.25) is 0 Å². The summed E-state index contributed by atoms with van der Waals surface area (Å²) in [5.74, 6) is -5.29. The molecular weight excluding hydrogens is 700 g/mol. The number of halogens is 1. The molecule has 2 amide bonds. The molecule has 1 fully saturated rings. The van der Waals surface area contributed by atoms with Crippen molar-refractivity contribution in [3.05, 3.63) is 63.0 Å². The van der Waals surface area contributed by atoms with Gasteiger partial charge in [-0.05, 0) is 44.4 Å². The Morgan fingerprint density at radius 1 is 1.22 bits per heavy atom. The molecule has 3 aliphatic rings. The molecule has 0 unspecified atom stereocenters. The van der Waals surface area contributed by atoms with Crippen LogP contribution in [0.25, 0.3) is 11.1 Å². The number of nitrogens with two attached hydrogens (primary N) is 1. The van der Waals surface area contributed by atoms with Crippen molar-refractivity contribution in [2.45, 2.75) is 56.7 Å². The van der Waals surface area contributed by atoms with Crippen molar-refractivity contribution in [1.29, 1.82) is 0 Å². The molecule has 49 heavy (non-hydrogen) atoms. The number of carbonyl (C=O) groups is 4. The minimum atomic E-state index is -1.90. The molecule has 1 saturated heterocycles. The average molecular weight is 728 g/mol. The molecule has 2 atom stereocenters. The van der Waals surface area contributed by atoms with E-state index in [9.17, 15) is 39.6 Å². The molecule has 2 aliphatic heterocycles. The molecule has 4 heterocycles. The molecule has 0 bridgehead atoms. The van der Waals surface area contributed by atoms with Gasteiger partial charge in [0, 0.05) is 40.3 Å². The Labute approximate surface area is 291 Å². The standard InChI is InChI=1S/C31H29ClN6O9S2/c1-31(2,29(45)46)47-36-21(17-12-49-30(33)34-17)25(41)35-22-26(42)38-23(28(43)44)13(11-48-27(22)38)10-37-9-8-14(15-4-3-5-18(15)37)16-6-7-19(39)24(40)20(16)32/h6-9,12,22,27H,3-5,10-11H2,1-2H3,(H6,33,34,35,40,41,43,44,45,46)/p-1/b36-21-/t22-,27-/m1/s1. The summed E-state index contributed by atoms with van der Waals surface area (Å²) in [5, 5.41) is 50.9. The van der Waals surface area contributed by atoms with Gasteiger partial charge in [-0.1, -0.05) is 16.8 Å². The number of anilines is 1. The van der Waals surface area contributed by atoms with Crippen molar-refractivity contribution >= 4 is 69.3 Å². The summed E-state index contributed by atoms with van der Waals surface area (Å²) in [7, 11) is 0. The Bertz CT molecular complexity index is 2000. The number of carbonyl (C=O) groups excluding carboxylic acids is 4. The van der Waals surface area contributed by atoms with Gasteiger partial charge in [-0.25, -0.2) is 4.98 Å². The molecule has 15 nitrogen and oxygen atoms in total. The zero-order valence-corrected chi connectivity index (χ0v) is 28.3. The second kappa shape index (κ2) is 12.9. The van der Waals surface area contributed by atoms with Crippen molar-refractivity contribution in [2.75, 3.05) is 11.5 Å². The molecule has 18 heteroatoms. The Morgan fingerprint density at radius 3 is 2.65 bits per heavy atom. The highest BCUT2D eigenvalue weighted by atomic mass is 35.5. The minimum absolute atomic E-state index is 0.0180. The first-order chi connectivity index (χ1) is 23.2. The topological polar surface area (TPSA) is 235 Å². The van der Waals surface area contributed by atoms with Crippen LogP contribution in [0.4, 0.5) is 5.13 Å². The lowest BCUT2D eigenvalue weighted by molar-refractivity contribution is -0.696. The summed E-state index contributed by atoms with van der Waals surface area (Å²) >= 11 is 8.62. The Morgan fingerprint density at radius 2 is 1.98 bits per heavy atom. The maximum absolute atomic E-state index is 13.4. The lowest BCUT2D eigenvalue weighted by Crippen LogP contribution is -2.71. The number of rotatable bonds is 10. The van der Waals surface area contributed by atoms with Crippen molar-refractivity contribution in [3.8, 4) is 22.6 Å². The minimum Gasteiger partial charge on any atom is -0.546 e. The van der Waals surface area contributed by atoms with Gasteiger partial charge in [0.1, 0.15) is 17.1 Å². The van der Waals surface area contributed by atoms with Crippen LogP contribution in [0, 0.1) is 0 Å². The summed E-state index contributed by atoms with van der Waals surface area (Å²) in [6, 6.07) is 3.65. The van der Waals surface area contributed by atoms with Gasteiger partial charge in [-0.3, -0.25) is 14.5 Å². The third kappa shape index (κ3) is 6.13. The monoisotopic (exact) mass is 727 g/mol. The summed E-state index contributed by atoms with van der Waals surface area (Å²) < 4.78 is 1.92. The lowest BCUT2D eigenvalue weighted by Gasteiger charge is -2.50. The molecule has 0 spiro atoms. The number of carboxylic acid groups (broad SMARTS) is 2. The van der Waals surface area contributed by atoms with E-state index in [0.29, 0.717) is 24.0 Å². The number of carboxylic acids is 2. The number of nitrogens with one attached hydrogen (secondary N) is 1. The molecule has 1 aliphatic carbocycles. The highest BCUT2D eigenvalue weighted by Crippen LogP contribution is 2.43. The van der Waals surface area contributed by atoms with Gasteiger partial charge in [-0.15, -0.1) is 23.1 Å². The third-order valence-corrected chi connectivity index (χ3v) is 10.8. The molecule has 0 radical (unpaired) electrons. The predicted octanol–water partition coefficient (Wildman–Crippen LogP) is -0.414. The van der Waals surface area contributed by atoms with Crippen LogP contribution < -0.4 is 25.8 Å². The van der Waals surface area contributed by atoms with E-state index in [1.54, 1.807) is 12.3 Å². The number of thiazole rings is 1. The number of nitrogen functional groups attached to an aromatic ring is 1. The number of oxime groups is 1. The van der Waals surface area contributed by atoms with Crippen LogP contribution in [0.15, 0.2) is 46.2 Å². The molecule has 6 rings (SSSR count). The largest absolute Gasteiger partial charge is 0.546 e. The Kier molecular flexibility index (Phi) is 8.93. The third-order valence-electron chi connectivity index (χ3n) is 8.39. The summed E-state index contributed by atoms with van der Waals surface area (Å²) in [6.07, 6.45) is 4.03. The number of fused-ring (bicyclic) bond motifs is 2. The zero-order valence-electron chi connectivity index (χ0n) is 25.9. The SMILES string of the molecule is CC(C)(O/N=C(\C(=O)N[C@@H]1C(=O)N2C(C(=O)[O-])=C(C[n+]3ccc(-c4ccc(O)c(O)c4Cl)c4c3CCC4)CS[C@H]12)c1csc(N)n1)C(=O)[O-]. The number of amides is 2. The number of hydrogen-bond acceptors (Lipinski definition) is 14. The van der Waals surface area contributed by atoms with E-state index >= 15 is 0 Å². The number of hydrogen-bond donors (Lipinski definition) is 4. The number of nitrogens with zero attached hydrogens (tertiary/aromatic N) is 4. The van der Waals surface area contributed by atoms with E-state index in [1.165, 1.54) is 37.1 Å². The van der Waals surface area contributed by atoms with E-state index in [0.717, 1.165) is 39.5 Å². The van der Waals surface area contributed by atoms with Gasteiger partial charge in [0.15, 0.2) is 46.4 Å². The first kappa shape index (κ1) is 34.0. The molecule has 5 N–H and O–H groups in total. The first-order valence-electron chi connectivity index (χ1n) is 14.8. The molecule has 0 saturated carbocycles. The molecule has 3 aromatic rings. The number of phenolic OH excluding ortho intramolecular Hbond substituents is 2. The smallest absolute Gasteiger partial charge is 0.276 e. The second-order valence-electron chi connectivity index (χ2n) is 11.9. The predicted molar refractivity (Wildman–Crippen MR) is 173 cm³/mol. The van der Waals surface area contributed by atoms with Crippen molar-refractivity contribution < 1.29 is 49.0 Å². The Balaban J connectivity index is 1.25. The lowest BCUT2D eigenvalue weighted by atomic mass is 9.98. The number of aliphatic carboxylic acids is 2. The van der Waals surface area contributed by atoms with E-state index in [2.05, 4.69) is 15.5 Å². The van der Waals surface area contributed by atoms with Crippen LogP contribution in [0.3, 0.4) is 0 Å². The van der Waals surface area contributed by atoms with Crippen molar-refractivity contribution in [3.63, 3.8) is 0 Å². The van der Waals surface area contributed by atoms with E-state index in [1.807, 2.05) is 10.6 Å². The number of aromatic hydroxyl groups is 2. The van der Waals surface area contributed by atoms with Gasteiger partial charge in [0.25, 0.3) is 11.8 Å². The molecule has 1 aromatic carbocycles. The van der Waals surface area contributed by atoms with Crippen LogP contribution in [-0.2, 0) is 43.4 Å². The van der Waals surface area contributed by atoms with E-state index in [-0.39, 0.29) is 39.6 Å². The quantitative estimate of drug-likeness (QED) is 0.0686. The van der Waals surface area contributed by atoms with Crippen LogP contribution in [0.5, 0.6) is 11.5 Å². The molecule has 2 aromatic heterocycles. The van der Waals surface area contributed by atoms with Crippen LogP contribution in [0.1, 0.15) is 37.2 Å². The van der Waals surface area contributed by atoms with Crippen molar-refractivity contribution in [1.82, 2.24) is 15.2 Å². The number of phenols is 2. The van der Waals surface area contributed by atoms with E-state index in [4.69, 9.17) is 22.2 Å². The fourth-order valence-corrected chi connectivity index (χ4v) is 8.00. The number of pyridine rings is 1. The highest BCUT2D eigenvalue weighted by molar-refractivity contribution is 8.00. The number of β-lactam (4-membered cyclic amide) rings is 1. The first-order valence-corrected chi connectivity index (χ1v) is 17.1. The summed E-state index contributed by atoms with van der Waals surface area (Å²) in [4.78, 5) is 60.8. The maximum Gasteiger partial charge on any atom is 0.276 e. The zero-order chi connectivity index (χ0) is 35.4. The summed E-state index contributed by atoms with van der Waals surface area (Å²) in [5.41, 5.74) is 6.74. The van der Waals surface area contributed by atoms with Gasteiger partial charge < -0.3 is 45.9 Å². The van der Waals surface area contributed by atoms with Gasteiger partial charge in [-0.2, -0.15) is 4.57 Å². The number of aromatic nitrogens is 2. The van der Waals surface area contributed by atoms with E-state index < -0.39 is 52.2 Å². The van der Waals surface area contributed by atoms with Crippen LogP contribution in [-0.4, -0.2) is 72.3 Å². The maximum atomic E-state index is 13.4. The van der Waals surface area contributed by atoms with Gasteiger partial charge >= 0.3 is 0 Å². The number of benzene rings is 1. The fourth-order valence-electron chi connectivity index (χ4n) is 5.86. The van der Waals surface area contributed by atoms with Crippen molar-refractivity contribution in [2.24, 2.45) is 5.16 Å². The van der Waals surface area contributed by atoms with Crippen LogP contribution >= 0.6 is 34.7 Å². The number of thioether (sulfide) groups is 1. The normalized spacial score (nSPS) is 18.9. The Hall–Kier alpha value is -4.87. The van der Waals surface area contributed by atoms with Crippen LogP contribution in [0.2, 0.25) is 5.02 Å². The highest BCUT2D eigenvalue weighted by Gasteiger charge is 2.53. The average Bonchev–Trinajstić information content (AvgIpc) is 3.72. The second-order valence-corrected chi connectivity index (χ2v) is 14.3. The van der Waals surface area contributed by atoms with Gasteiger partial charge in [0.05, 0.1) is 22.7 Å². The summed E-state index contributed by atoms with van der Waals surface area (Å²) in [6.45, 7) is 2.49.